The lowest BCUT2D eigenvalue weighted by Crippen LogP contribution is -2.20. The van der Waals surface area contributed by atoms with E-state index < -0.39 is 6.08 Å². The molecule has 0 aliphatic heterocycles. The highest BCUT2D eigenvalue weighted by molar-refractivity contribution is 5.86. The molecule has 22 heavy (non-hydrogen) atoms. The minimum absolute atomic E-state index is 0.0165. The predicted octanol–water partition coefficient (Wildman–Crippen LogP) is 6.81. The van der Waals surface area contributed by atoms with E-state index in [0.717, 1.165) is 36.5 Å². The van der Waals surface area contributed by atoms with Gasteiger partial charge in [0.25, 0.3) is 6.08 Å². The minimum Gasteiger partial charge on any atom is -0.173 e. The average molecular weight is 300 g/mol. The van der Waals surface area contributed by atoms with Gasteiger partial charge >= 0.3 is 0 Å². The number of benzene rings is 2. The normalized spacial score (nSPS) is 17.4. The van der Waals surface area contributed by atoms with Crippen LogP contribution in [0.25, 0.3) is 16.3 Å². The van der Waals surface area contributed by atoms with Crippen LogP contribution in [0.1, 0.15) is 51.0 Å². The third-order valence-corrected chi connectivity index (χ3v) is 4.99. The van der Waals surface area contributed by atoms with Gasteiger partial charge in [0.15, 0.2) is 0 Å². The SMILES string of the molecule is CC1(CC(=C(F)F)c2ccc3ccccc3c2)CCCCC1. The van der Waals surface area contributed by atoms with E-state index in [-0.39, 0.29) is 11.0 Å². The van der Waals surface area contributed by atoms with Crippen molar-refractivity contribution in [1.29, 1.82) is 0 Å². The Morgan fingerprint density at radius 1 is 0.955 bits per heavy atom. The summed E-state index contributed by atoms with van der Waals surface area (Å²) in [7, 11) is 0. The van der Waals surface area contributed by atoms with Gasteiger partial charge in [0.1, 0.15) is 0 Å². The molecule has 2 aromatic carbocycles. The van der Waals surface area contributed by atoms with Gasteiger partial charge in [0.05, 0.1) is 0 Å². The Hall–Kier alpha value is -1.70. The number of rotatable bonds is 3. The molecule has 0 nitrogen and oxygen atoms in total. The van der Waals surface area contributed by atoms with E-state index in [2.05, 4.69) is 6.92 Å². The van der Waals surface area contributed by atoms with Crippen LogP contribution in [-0.2, 0) is 0 Å². The molecule has 0 N–H and O–H groups in total. The second-order valence-corrected chi connectivity index (χ2v) is 6.85. The summed E-state index contributed by atoms with van der Waals surface area (Å²) >= 11 is 0. The first kappa shape index (κ1) is 15.2. The summed E-state index contributed by atoms with van der Waals surface area (Å²) in [5.74, 6) is 0. The van der Waals surface area contributed by atoms with Crippen LogP contribution < -0.4 is 0 Å². The van der Waals surface area contributed by atoms with Gasteiger partial charge in [-0.05, 0) is 47.1 Å². The highest BCUT2D eigenvalue weighted by Crippen LogP contribution is 2.44. The van der Waals surface area contributed by atoms with Gasteiger partial charge in [0.2, 0.25) is 0 Å². The molecule has 0 spiro atoms. The number of halogens is 2. The van der Waals surface area contributed by atoms with Crippen molar-refractivity contribution in [2.24, 2.45) is 5.41 Å². The topological polar surface area (TPSA) is 0 Å². The molecule has 1 saturated carbocycles. The zero-order valence-corrected chi connectivity index (χ0v) is 13.0. The van der Waals surface area contributed by atoms with E-state index in [1.54, 1.807) is 0 Å². The molecule has 0 heterocycles. The van der Waals surface area contributed by atoms with Crippen LogP contribution in [0.15, 0.2) is 48.5 Å². The van der Waals surface area contributed by atoms with Crippen molar-refractivity contribution >= 4 is 16.3 Å². The maximum Gasteiger partial charge on any atom is 0.274 e. The zero-order valence-electron chi connectivity index (χ0n) is 13.0. The van der Waals surface area contributed by atoms with Crippen molar-refractivity contribution in [3.8, 4) is 0 Å². The van der Waals surface area contributed by atoms with Crippen molar-refractivity contribution in [1.82, 2.24) is 0 Å². The van der Waals surface area contributed by atoms with E-state index in [0.29, 0.717) is 12.0 Å². The van der Waals surface area contributed by atoms with Crippen LogP contribution in [0.5, 0.6) is 0 Å². The summed E-state index contributed by atoms with van der Waals surface area (Å²) in [5.41, 5.74) is 0.920. The lowest BCUT2D eigenvalue weighted by molar-refractivity contribution is 0.220. The van der Waals surface area contributed by atoms with E-state index in [1.807, 2.05) is 42.5 Å². The molecule has 0 amide bonds. The maximum absolute atomic E-state index is 13.6. The molecule has 0 unspecified atom stereocenters. The van der Waals surface area contributed by atoms with E-state index >= 15 is 0 Å². The Morgan fingerprint density at radius 2 is 1.64 bits per heavy atom. The molecule has 3 rings (SSSR count). The Kier molecular flexibility index (Phi) is 4.28. The molecule has 0 aromatic heterocycles. The average Bonchev–Trinajstić information content (AvgIpc) is 2.53. The van der Waals surface area contributed by atoms with Gasteiger partial charge in [-0.15, -0.1) is 0 Å². The molecule has 0 radical (unpaired) electrons. The van der Waals surface area contributed by atoms with Crippen molar-refractivity contribution in [3.63, 3.8) is 0 Å². The number of fused-ring (bicyclic) bond motifs is 1. The Labute approximate surface area is 130 Å². The van der Waals surface area contributed by atoms with E-state index in [4.69, 9.17) is 0 Å². The van der Waals surface area contributed by atoms with Gasteiger partial charge in [-0.3, -0.25) is 0 Å². The molecule has 0 saturated heterocycles. The Bertz CT molecular complexity index is 690. The quantitative estimate of drug-likeness (QED) is 0.584. The van der Waals surface area contributed by atoms with Crippen molar-refractivity contribution in [3.05, 3.63) is 54.1 Å². The fourth-order valence-corrected chi connectivity index (χ4v) is 3.66. The number of allylic oxidation sites excluding steroid dienone is 1. The molecule has 0 atom stereocenters. The van der Waals surface area contributed by atoms with Gasteiger partial charge in [-0.2, -0.15) is 8.78 Å². The first-order valence-electron chi connectivity index (χ1n) is 8.11. The summed E-state index contributed by atoms with van der Waals surface area (Å²) in [6.07, 6.45) is 4.62. The molecule has 2 aromatic rings. The molecular weight excluding hydrogens is 278 g/mol. The maximum atomic E-state index is 13.6. The number of hydrogen-bond acceptors (Lipinski definition) is 0. The summed E-state index contributed by atoms with van der Waals surface area (Å²) in [6, 6.07) is 13.6. The largest absolute Gasteiger partial charge is 0.274 e. The second-order valence-electron chi connectivity index (χ2n) is 6.85. The van der Waals surface area contributed by atoms with Crippen LogP contribution in [0, 0.1) is 5.41 Å². The molecule has 116 valence electrons. The third kappa shape index (κ3) is 3.21. The lowest BCUT2D eigenvalue weighted by atomic mass is 9.71. The minimum atomic E-state index is -1.53. The van der Waals surface area contributed by atoms with Crippen molar-refractivity contribution < 1.29 is 8.78 Å². The van der Waals surface area contributed by atoms with E-state index in [9.17, 15) is 8.78 Å². The summed E-state index contributed by atoms with van der Waals surface area (Å²) in [6.45, 7) is 2.16. The van der Waals surface area contributed by atoms with Gasteiger partial charge in [-0.25, -0.2) is 0 Å². The fourth-order valence-electron chi connectivity index (χ4n) is 3.66. The molecule has 1 aliphatic rings. The van der Waals surface area contributed by atoms with Crippen LogP contribution in [0.3, 0.4) is 0 Å². The molecule has 2 heteroatoms. The standard InChI is InChI=1S/C20H22F2/c1-20(11-5-2-6-12-20)14-18(19(21)22)17-10-9-15-7-3-4-8-16(15)13-17/h3-4,7-10,13H,2,5-6,11-12,14H2,1H3. The van der Waals surface area contributed by atoms with E-state index in [1.165, 1.54) is 6.42 Å². The monoisotopic (exact) mass is 300 g/mol. The summed E-state index contributed by atoms with van der Waals surface area (Å²) in [5, 5.41) is 2.11. The zero-order chi connectivity index (χ0) is 15.6. The highest BCUT2D eigenvalue weighted by atomic mass is 19.3. The first-order chi connectivity index (χ1) is 10.6. The van der Waals surface area contributed by atoms with Crippen molar-refractivity contribution in [2.75, 3.05) is 0 Å². The van der Waals surface area contributed by atoms with Gasteiger partial charge < -0.3 is 0 Å². The van der Waals surface area contributed by atoms with Crippen LogP contribution in [0.4, 0.5) is 8.78 Å². The Balaban J connectivity index is 1.94. The Morgan fingerprint density at radius 3 is 2.32 bits per heavy atom. The highest BCUT2D eigenvalue weighted by Gasteiger charge is 2.29. The fraction of sp³-hybridized carbons (Fsp3) is 0.400. The smallest absolute Gasteiger partial charge is 0.173 e. The first-order valence-corrected chi connectivity index (χ1v) is 8.11. The van der Waals surface area contributed by atoms with Crippen molar-refractivity contribution in [2.45, 2.75) is 45.4 Å². The van der Waals surface area contributed by atoms with Crippen LogP contribution in [-0.4, -0.2) is 0 Å². The molecule has 0 bridgehead atoms. The lowest BCUT2D eigenvalue weighted by Gasteiger charge is -2.34. The third-order valence-electron chi connectivity index (χ3n) is 4.99. The molecule has 1 fully saturated rings. The predicted molar refractivity (Wildman–Crippen MR) is 88.9 cm³/mol. The molecular formula is C20H22F2. The number of hydrogen-bond donors (Lipinski definition) is 0. The van der Waals surface area contributed by atoms with Crippen LogP contribution >= 0.6 is 0 Å². The van der Waals surface area contributed by atoms with Crippen LogP contribution in [0.2, 0.25) is 0 Å². The molecule has 1 aliphatic carbocycles. The summed E-state index contributed by atoms with van der Waals surface area (Å²) in [4.78, 5) is 0. The second kappa shape index (κ2) is 6.20. The van der Waals surface area contributed by atoms with Gasteiger partial charge in [0, 0.05) is 5.57 Å². The summed E-state index contributed by atoms with van der Waals surface area (Å²) < 4.78 is 27.2. The van der Waals surface area contributed by atoms with Gasteiger partial charge in [-0.1, -0.05) is 62.6 Å².